The fraction of sp³-hybridized carbons (Fsp3) is 0.105. The van der Waals surface area contributed by atoms with Gasteiger partial charge in [0.1, 0.15) is 17.9 Å². The Labute approximate surface area is 161 Å². The molecule has 0 aliphatic carbocycles. The third kappa shape index (κ3) is 4.09. The highest BCUT2D eigenvalue weighted by atomic mass is 35.5. The van der Waals surface area contributed by atoms with E-state index in [1.807, 2.05) is 24.3 Å². The van der Waals surface area contributed by atoms with Crippen molar-refractivity contribution in [3.63, 3.8) is 0 Å². The number of nitrogens with zero attached hydrogens (tertiary/aromatic N) is 1. The van der Waals surface area contributed by atoms with Crippen LogP contribution in [0.2, 0.25) is 5.02 Å². The summed E-state index contributed by atoms with van der Waals surface area (Å²) in [5.41, 5.74) is 1.75. The molecule has 1 N–H and O–H groups in total. The van der Waals surface area contributed by atoms with Gasteiger partial charge in [-0.05, 0) is 53.7 Å². The van der Waals surface area contributed by atoms with Crippen LogP contribution >= 0.6 is 23.8 Å². The average molecular weight is 387 g/mol. The van der Waals surface area contributed by atoms with Crippen LogP contribution in [0, 0.1) is 0 Å². The van der Waals surface area contributed by atoms with E-state index in [1.165, 1.54) is 18.0 Å². The van der Waals surface area contributed by atoms with Crippen LogP contribution in [0.15, 0.2) is 54.1 Å². The molecule has 0 atom stereocenters. The second-order valence-electron chi connectivity index (χ2n) is 5.67. The molecular formula is C19H15ClN2O3S. The van der Waals surface area contributed by atoms with Crippen molar-refractivity contribution in [3.8, 4) is 5.75 Å². The normalized spacial score (nSPS) is 16.0. The number of amides is 2. The second kappa shape index (κ2) is 7.68. The molecule has 0 bridgehead atoms. The quantitative estimate of drug-likeness (QED) is 0.498. The first-order chi connectivity index (χ1) is 12.4. The van der Waals surface area contributed by atoms with Crippen LogP contribution in [0.4, 0.5) is 0 Å². The molecule has 3 rings (SSSR count). The van der Waals surface area contributed by atoms with Gasteiger partial charge in [0, 0.05) is 12.1 Å². The van der Waals surface area contributed by atoms with Gasteiger partial charge >= 0.3 is 0 Å². The summed E-state index contributed by atoms with van der Waals surface area (Å²) in [5.74, 6) is -0.247. The Balaban J connectivity index is 1.69. The molecule has 7 heteroatoms. The Bertz CT molecular complexity index is 892. The fourth-order valence-electron chi connectivity index (χ4n) is 2.32. The lowest BCUT2D eigenvalue weighted by molar-refractivity contribution is -0.128. The van der Waals surface area contributed by atoms with Gasteiger partial charge in [-0.2, -0.15) is 0 Å². The van der Waals surface area contributed by atoms with E-state index in [9.17, 15) is 9.59 Å². The molecule has 1 aliphatic heterocycles. The molecule has 1 fully saturated rings. The van der Waals surface area contributed by atoms with Crippen molar-refractivity contribution in [3.05, 3.63) is 70.3 Å². The predicted molar refractivity (Wildman–Crippen MR) is 104 cm³/mol. The van der Waals surface area contributed by atoms with Gasteiger partial charge in [0.25, 0.3) is 11.8 Å². The van der Waals surface area contributed by atoms with Gasteiger partial charge in [0.05, 0.1) is 0 Å². The van der Waals surface area contributed by atoms with E-state index in [1.54, 1.807) is 24.3 Å². The van der Waals surface area contributed by atoms with E-state index in [0.717, 1.165) is 5.56 Å². The van der Waals surface area contributed by atoms with Crippen LogP contribution in [-0.2, 0) is 16.2 Å². The van der Waals surface area contributed by atoms with Gasteiger partial charge in [0.15, 0.2) is 5.11 Å². The van der Waals surface area contributed by atoms with E-state index in [-0.39, 0.29) is 10.7 Å². The highest BCUT2D eigenvalue weighted by Gasteiger charge is 2.30. The van der Waals surface area contributed by atoms with E-state index in [0.29, 0.717) is 22.9 Å². The Morgan fingerprint density at radius 2 is 1.77 bits per heavy atom. The van der Waals surface area contributed by atoms with Crippen LogP contribution in [0.25, 0.3) is 6.08 Å². The molecule has 0 spiro atoms. The number of hydrogen-bond donors (Lipinski definition) is 1. The van der Waals surface area contributed by atoms with Crippen molar-refractivity contribution in [2.45, 2.75) is 6.61 Å². The minimum absolute atomic E-state index is 0.0379. The molecule has 5 nitrogen and oxygen atoms in total. The van der Waals surface area contributed by atoms with Crippen LogP contribution in [0.1, 0.15) is 11.1 Å². The third-order valence-corrected chi connectivity index (χ3v) is 4.44. The standard InChI is InChI=1S/C19H15ClN2O3S/c1-22-18(24)16(17(23)21-19(22)26)10-12-4-8-15(9-5-12)25-11-13-2-6-14(20)7-3-13/h2-10H,11H2,1H3,(H,21,23,26). The number of benzene rings is 2. The summed E-state index contributed by atoms with van der Waals surface area (Å²) in [5, 5.41) is 3.26. The van der Waals surface area contributed by atoms with Crippen molar-refractivity contribution >= 4 is 46.8 Å². The summed E-state index contributed by atoms with van der Waals surface area (Å²) in [6.07, 6.45) is 1.53. The number of hydrogen-bond acceptors (Lipinski definition) is 4. The van der Waals surface area contributed by atoms with Gasteiger partial charge in [-0.15, -0.1) is 0 Å². The molecule has 0 unspecified atom stereocenters. The largest absolute Gasteiger partial charge is 0.489 e. The summed E-state index contributed by atoms with van der Waals surface area (Å²) in [6.45, 7) is 0.417. The summed E-state index contributed by atoms with van der Waals surface area (Å²) in [7, 11) is 1.52. The van der Waals surface area contributed by atoms with Crippen molar-refractivity contribution < 1.29 is 14.3 Å². The molecule has 132 valence electrons. The first-order valence-corrected chi connectivity index (χ1v) is 8.55. The zero-order valence-corrected chi connectivity index (χ0v) is 15.4. The number of carbonyl (C=O) groups excluding carboxylic acids is 2. The first kappa shape index (κ1) is 18.1. The lowest BCUT2D eigenvalue weighted by Crippen LogP contribution is -2.52. The van der Waals surface area contributed by atoms with Gasteiger partial charge in [-0.1, -0.05) is 35.9 Å². The molecule has 2 aromatic carbocycles. The molecule has 2 aromatic rings. The number of rotatable bonds is 4. The van der Waals surface area contributed by atoms with Gasteiger partial charge in [0.2, 0.25) is 0 Å². The van der Waals surface area contributed by atoms with Crippen LogP contribution < -0.4 is 10.1 Å². The van der Waals surface area contributed by atoms with Crippen LogP contribution in [0.5, 0.6) is 5.75 Å². The number of carbonyl (C=O) groups is 2. The van der Waals surface area contributed by atoms with Crippen LogP contribution in [0.3, 0.4) is 0 Å². The Kier molecular flexibility index (Phi) is 5.35. The van der Waals surface area contributed by atoms with Gasteiger partial charge in [-0.3, -0.25) is 19.8 Å². The zero-order chi connectivity index (χ0) is 18.7. The number of halogens is 1. The van der Waals surface area contributed by atoms with Crippen molar-refractivity contribution in [2.75, 3.05) is 7.05 Å². The average Bonchev–Trinajstić information content (AvgIpc) is 2.64. The summed E-state index contributed by atoms with van der Waals surface area (Å²) in [6, 6.07) is 14.5. The molecule has 26 heavy (non-hydrogen) atoms. The maximum absolute atomic E-state index is 12.2. The monoisotopic (exact) mass is 386 g/mol. The number of nitrogens with one attached hydrogen (secondary N) is 1. The number of ether oxygens (including phenoxy) is 1. The third-order valence-electron chi connectivity index (χ3n) is 3.81. The van der Waals surface area contributed by atoms with E-state index in [2.05, 4.69) is 5.32 Å². The Morgan fingerprint density at radius 3 is 2.42 bits per heavy atom. The lowest BCUT2D eigenvalue weighted by Gasteiger charge is -2.25. The van der Waals surface area contributed by atoms with Crippen molar-refractivity contribution in [1.29, 1.82) is 0 Å². The molecule has 0 radical (unpaired) electrons. The SMILES string of the molecule is CN1C(=O)C(=Cc2ccc(OCc3ccc(Cl)cc3)cc2)C(=O)NC1=S. The topological polar surface area (TPSA) is 58.6 Å². The summed E-state index contributed by atoms with van der Waals surface area (Å²) in [4.78, 5) is 25.4. The molecule has 1 aliphatic rings. The highest BCUT2D eigenvalue weighted by Crippen LogP contribution is 2.18. The van der Waals surface area contributed by atoms with Gasteiger partial charge < -0.3 is 4.74 Å². The van der Waals surface area contributed by atoms with Crippen molar-refractivity contribution in [2.24, 2.45) is 0 Å². The molecule has 0 saturated carbocycles. The number of likely N-dealkylation sites (N-methyl/N-ethyl adjacent to an activating group) is 1. The highest BCUT2D eigenvalue weighted by molar-refractivity contribution is 7.80. The first-order valence-electron chi connectivity index (χ1n) is 7.76. The van der Waals surface area contributed by atoms with Crippen molar-refractivity contribution in [1.82, 2.24) is 10.2 Å². The minimum Gasteiger partial charge on any atom is -0.489 e. The molecule has 1 heterocycles. The molecule has 1 saturated heterocycles. The molecule has 0 aromatic heterocycles. The summed E-state index contributed by atoms with van der Waals surface area (Å²) < 4.78 is 5.71. The Morgan fingerprint density at radius 1 is 1.12 bits per heavy atom. The maximum Gasteiger partial charge on any atom is 0.265 e. The minimum atomic E-state index is -0.499. The molecular weight excluding hydrogens is 372 g/mol. The van der Waals surface area contributed by atoms with E-state index < -0.39 is 11.8 Å². The molecule has 2 amide bonds. The van der Waals surface area contributed by atoms with E-state index >= 15 is 0 Å². The van der Waals surface area contributed by atoms with Gasteiger partial charge in [-0.25, -0.2) is 0 Å². The summed E-state index contributed by atoms with van der Waals surface area (Å²) >= 11 is 10.8. The van der Waals surface area contributed by atoms with E-state index in [4.69, 9.17) is 28.6 Å². The smallest absolute Gasteiger partial charge is 0.265 e. The maximum atomic E-state index is 12.2. The number of thiocarbonyl (C=S) groups is 1. The zero-order valence-electron chi connectivity index (χ0n) is 13.9. The predicted octanol–water partition coefficient (Wildman–Crippen LogP) is 3.18. The van der Waals surface area contributed by atoms with Crippen LogP contribution in [-0.4, -0.2) is 28.9 Å². The Hall–Kier alpha value is -2.70. The lowest BCUT2D eigenvalue weighted by atomic mass is 10.1. The second-order valence-corrected chi connectivity index (χ2v) is 6.49. The fourth-order valence-corrected chi connectivity index (χ4v) is 2.62.